The molecule has 0 aromatic carbocycles. The minimum Gasteiger partial charge on any atom is -0.351 e. The van der Waals surface area contributed by atoms with Gasteiger partial charge in [0.05, 0.1) is 22.6 Å². The van der Waals surface area contributed by atoms with Gasteiger partial charge in [-0.3, -0.25) is 9.78 Å². The Morgan fingerprint density at radius 2 is 1.97 bits per heavy atom. The fraction of sp³-hybridized carbons (Fsp3) is 0.409. The quantitative estimate of drug-likeness (QED) is 0.681. The monoisotopic (exact) mass is 407 g/mol. The van der Waals surface area contributed by atoms with E-state index >= 15 is 0 Å². The third-order valence-electron chi connectivity index (χ3n) is 5.62. The predicted molar refractivity (Wildman–Crippen MR) is 114 cm³/mol. The van der Waals surface area contributed by atoms with E-state index in [4.69, 9.17) is 4.98 Å². The van der Waals surface area contributed by atoms with Gasteiger partial charge in [0.25, 0.3) is 5.91 Å². The van der Waals surface area contributed by atoms with Gasteiger partial charge >= 0.3 is 0 Å². The number of aryl methyl sites for hydroxylation is 2. The van der Waals surface area contributed by atoms with E-state index in [-0.39, 0.29) is 5.91 Å². The summed E-state index contributed by atoms with van der Waals surface area (Å²) in [6.45, 7) is 4.53. The molecule has 3 aromatic rings. The molecule has 0 bridgehead atoms. The molecule has 1 N–H and O–H groups in total. The van der Waals surface area contributed by atoms with Crippen molar-refractivity contribution in [2.24, 2.45) is 5.92 Å². The molecule has 1 aliphatic rings. The fourth-order valence-electron chi connectivity index (χ4n) is 4.00. The van der Waals surface area contributed by atoms with Crippen LogP contribution in [0.25, 0.3) is 11.3 Å². The highest BCUT2D eigenvalue weighted by atomic mass is 32.1. The van der Waals surface area contributed by atoms with Gasteiger partial charge < -0.3 is 5.32 Å². The Labute approximate surface area is 174 Å². The van der Waals surface area contributed by atoms with Gasteiger partial charge in [0.15, 0.2) is 0 Å². The first kappa shape index (κ1) is 19.6. The average molecular weight is 408 g/mol. The Balaban J connectivity index is 1.39. The molecular formula is C22H25N5OS. The Hall–Kier alpha value is -2.67. The number of hydrogen-bond donors (Lipinski definition) is 1. The zero-order chi connectivity index (χ0) is 20.2. The fourth-order valence-corrected chi connectivity index (χ4v) is 4.71. The number of aromatic nitrogens is 4. The van der Waals surface area contributed by atoms with Crippen LogP contribution in [-0.4, -0.2) is 32.4 Å². The number of nitrogens with zero attached hydrogens (tertiary/aromatic N) is 4. The molecule has 3 heterocycles. The van der Waals surface area contributed by atoms with Gasteiger partial charge in [-0.05, 0) is 57.6 Å². The number of amides is 1. The van der Waals surface area contributed by atoms with Crippen LogP contribution >= 0.6 is 11.3 Å². The number of carbonyl (C=O) groups is 1. The van der Waals surface area contributed by atoms with Gasteiger partial charge in [0, 0.05) is 30.4 Å². The van der Waals surface area contributed by atoms with Crippen LogP contribution in [-0.2, 0) is 0 Å². The minimum atomic E-state index is -0.00372. The molecule has 0 unspecified atom stereocenters. The largest absolute Gasteiger partial charge is 0.351 e. The van der Waals surface area contributed by atoms with Gasteiger partial charge in [0.2, 0.25) is 0 Å². The molecule has 1 fully saturated rings. The Morgan fingerprint density at radius 3 is 2.66 bits per heavy atom. The zero-order valence-electron chi connectivity index (χ0n) is 16.8. The maximum atomic E-state index is 12.3. The molecular weight excluding hydrogens is 382 g/mol. The minimum absolute atomic E-state index is 0.00372. The van der Waals surface area contributed by atoms with Crippen LogP contribution in [0.3, 0.4) is 0 Å². The number of thiazole rings is 1. The van der Waals surface area contributed by atoms with Crippen LogP contribution in [0.4, 0.5) is 0 Å². The zero-order valence-corrected chi connectivity index (χ0v) is 17.6. The van der Waals surface area contributed by atoms with Gasteiger partial charge in [-0.15, -0.1) is 11.3 Å². The van der Waals surface area contributed by atoms with E-state index in [1.54, 1.807) is 5.51 Å². The van der Waals surface area contributed by atoms with Crippen LogP contribution < -0.4 is 5.32 Å². The van der Waals surface area contributed by atoms with Crippen molar-refractivity contribution >= 4 is 17.2 Å². The van der Waals surface area contributed by atoms with Crippen LogP contribution in [0, 0.1) is 19.8 Å². The molecule has 0 atom stereocenters. The number of pyridine rings is 1. The summed E-state index contributed by atoms with van der Waals surface area (Å²) in [4.78, 5) is 30.9. The van der Waals surface area contributed by atoms with E-state index in [0.29, 0.717) is 11.8 Å². The molecule has 0 aliphatic heterocycles. The summed E-state index contributed by atoms with van der Waals surface area (Å²) in [5.74, 6) is 1.71. The second-order valence-corrected chi connectivity index (χ2v) is 8.48. The van der Waals surface area contributed by atoms with Crippen molar-refractivity contribution in [1.29, 1.82) is 0 Å². The molecule has 6 nitrogen and oxygen atoms in total. The highest BCUT2D eigenvalue weighted by Gasteiger charge is 2.26. The summed E-state index contributed by atoms with van der Waals surface area (Å²) >= 11 is 1.40. The Bertz CT molecular complexity index is 980. The second kappa shape index (κ2) is 8.78. The molecule has 4 rings (SSSR count). The smallest absolute Gasteiger partial charge is 0.263 e. The highest BCUT2D eigenvalue weighted by Crippen LogP contribution is 2.38. The second-order valence-electron chi connectivity index (χ2n) is 7.63. The Morgan fingerprint density at radius 1 is 1.14 bits per heavy atom. The van der Waals surface area contributed by atoms with Gasteiger partial charge in [-0.2, -0.15) is 0 Å². The van der Waals surface area contributed by atoms with E-state index in [0.717, 1.165) is 65.6 Å². The molecule has 3 aromatic heterocycles. The molecule has 0 spiro atoms. The molecule has 1 saturated carbocycles. The summed E-state index contributed by atoms with van der Waals surface area (Å²) in [5, 5.41) is 3.09. The lowest BCUT2D eigenvalue weighted by atomic mass is 9.79. The number of nitrogens with one attached hydrogen (secondary N) is 1. The molecule has 0 saturated heterocycles. The summed E-state index contributed by atoms with van der Waals surface area (Å²) in [5.41, 5.74) is 5.60. The third kappa shape index (κ3) is 4.50. The number of carbonyl (C=O) groups excluding carboxylic acids is 1. The van der Waals surface area contributed by atoms with Gasteiger partial charge in [-0.1, -0.05) is 6.07 Å². The lowest BCUT2D eigenvalue weighted by molar-refractivity contribution is 0.0946. The normalized spacial score (nSPS) is 19.1. The van der Waals surface area contributed by atoms with E-state index < -0.39 is 0 Å². The maximum absolute atomic E-state index is 12.3. The molecule has 1 amide bonds. The molecule has 0 radical (unpaired) electrons. The molecule has 7 heteroatoms. The number of hydrogen-bond acceptors (Lipinski definition) is 6. The lowest BCUT2D eigenvalue weighted by Gasteiger charge is -2.29. The van der Waals surface area contributed by atoms with Crippen molar-refractivity contribution in [3.05, 3.63) is 58.2 Å². The predicted octanol–water partition coefficient (Wildman–Crippen LogP) is 4.32. The average Bonchev–Trinajstić information content (AvgIpc) is 3.19. The third-order valence-corrected chi connectivity index (χ3v) is 6.54. The molecule has 1 aliphatic carbocycles. The van der Waals surface area contributed by atoms with E-state index in [1.807, 2.05) is 44.4 Å². The van der Waals surface area contributed by atoms with E-state index in [1.165, 1.54) is 11.3 Å². The van der Waals surface area contributed by atoms with Crippen LogP contribution in [0.5, 0.6) is 0 Å². The van der Waals surface area contributed by atoms with E-state index in [9.17, 15) is 4.79 Å². The van der Waals surface area contributed by atoms with Gasteiger partial charge in [0.1, 0.15) is 10.7 Å². The van der Waals surface area contributed by atoms with Crippen molar-refractivity contribution in [2.75, 3.05) is 6.54 Å². The summed E-state index contributed by atoms with van der Waals surface area (Å²) in [6, 6.07) is 5.93. The first-order valence-corrected chi connectivity index (χ1v) is 10.9. The Kier molecular flexibility index (Phi) is 5.94. The first-order chi connectivity index (χ1) is 14.1. The van der Waals surface area contributed by atoms with Crippen molar-refractivity contribution in [2.45, 2.75) is 45.4 Å². The van der Waals surface area contributed by atoms with Crippen LogP contribution in [0.1, 0.15) is 58.5 Å². The number of rotatable bonds is 5. The SMILES string of the molecule is Cc1ncc(-c2ccccn2)c(C2CCC(CNC(=O)c3scnc3C)CC2)n1. The van der Waals surface area contributed by atoms with Crippen LogP contribution in [0.15, 0.2) is 36.1 Å². The lowest BCUT2D eigenvalue weighted by Crippen LogP contribution is -2.31. The topological polar surface area (TPSA) is 80.7 Å². The molecule has 29 heavy (non-hydrogen) atoms. The first-order valence-electron chi connectivity index (χ1n) is 10.0. The molecule has 150 valence electrons. The summed E-state index contributed by atoms with van der Waals surface area (Å²) in [6.07, 6.45) is 8.01. The van der Waals surface area contributed by atoms with Crippen molar-refractivity contribution < 1.29 is 4.79 Å². The van der Waals surface area contributed by atoms with Crippen molar-refractivity contribution in [1.82, 2.24) is 25.3 Å². The summed E-state index contributed by atoms with van der Waals surface area (Å²) in [7, 11) is 0. The highest BCUT2D eigenvalue weighted by molar-refractivity contribution is 7.11. The maximum Gasteiger partial charge on any atom is 0.263 e. The van der Waals surface area contributed by atoms with Crippen molar-refractivity contribution in [3.63, 3.8) is 0 Å². The van der Waals surface area contributed by atoms with Crippen LogP contribution in [0.2, 0.25) is 0 Å². The van der Waals surface area contributed by atoms with Crippen molar-refractivity contribution in [3.8, 4) is 11.3 Å². The van der Waals surface area contributed by atoms with Gasteiger partial charge in [-0.25, -0.2) is 15.0 Å². The van der Waals surface area contributed by atoms with E-state index in [2.05, 4.69) is 20.3 Å². The standard InChI is InChI=1S/C22H25N5OS/c1-14-21(29-13-26-14)22(28)25-11-16-6-8-17(9-7-16)20-18(12-24-15(2)27-20)19-5-3-4-10-23-19/h3-5,10,12-13,16-17H,6-9,11H2,1-2H3,(H,25,28). The summed E-state index contributed by atoms with van der Waals surface area (Å²) < 4.78 is 0.